The third kappa shape index (κ3) is 4.99. The van der Waals surface area contributed by atoms with Crippen molar-refractivity contribution in [3.05, 3.63) is 33.9 Å². The molecule has 0 saturated carbocycles. The molecule has 1 fully saturated rings. The van der Waals surface area contributed by atoms with Crippen LogP contribution in [0.4, 0.5) is 23.7 Å². The lowest BCUT2D eigenvalue weighted by Crippen LogP contribution is -2.36. The molecule has 0 N–H and O–H groups in total. The van der Waals surface area contributed by atoms with Gasteiger partial charge in [0.25, 0.3) is 0 Å². The summed E-state index contributed by atoms with van der Waals surface area (Å²) in [5.41, 5.74) is -2.56. The molecule has 0 aromatic heterocycles. The highest BCUT2D eigenvalue weighted by molar-refractivity contribution is 5.68. The molecule has 1 aromatic carbocycles. The van der Waals surface area contributed by atoms with Crippen molar-refractivity contribution in [3.8, 4) is 5.75 Å². The maximum Gasteiger partial charge on any atom is 0.416 e. The highest BCUT2D eigenvalue weighted by atomic mass is 19.4. The van der Waals surface area contributed by atoms with E-state index in [1.807, 2.05) is 0 Å². The van der Waals surface area contributed by atoms with Gasteiger partial charge < -0.3 is 14.4 Å². The number of halogens is 3. The summed E-state index contributed by atoms with van der Waals surface area (Å²) in [6, 6.07) is 2.09. The van der Waals surface area contributed by atoms with E-state index in [1.54, 1.807) is 20.8 Å². The largest absolute Gasteiger partial charge is 0.482 e. The lowest BCUT2D eigenvalue weighted by molar-refractivity contribution is -0.386. The van der Waals surface area contributed by atoms with E-state index >= 15 is 0 Å². The van der Waals surface area contributed by atoms with E-state index in [0.717, 1.165) is 12.1 Å². The first-order valence-electron chi connectivity index (χ1n) is 7.87. The Balaban J connectivity index is 2.10. The van der Waals surface area contributed by atoms with E-state index in [4.69, 9.17) is 9.47 Å². The predicted octanol–water partition coefficient (Wildman–Crippen LogP) is 4.00. The Kier molecular flexibility index (Phi) is 5.33. The van der Waals surface area contributed by atoms with E-state index in [2.05, 4.69) is 0 Å². The Morgan fingerprint density at radius 1 is 1.31 bits per heavy atom. The van der Waals surface area contributed by atoms with Gasteiger partial charge in [0.05, 0.1) is 17.0 Å². The first kappa shape index (κ1) is 19.8. The molecule has 1 heterocycles. The molecular formula is C16H19F3N2O5. The van der Waals surface area contributed by atoms with Crippen molar-refractivity contribution in [1.29, 1.82) is 0 Å². The molecule has 26 heavy (non-hydrogen) atoms. The summed E-state index contributed by atoms with van der Waals surface area (Å²) in [5.74, 6) is -0.265. The van der Waals surface area contributed by atoms with Gasteiger partial charge in [0.2, 0.25) is 0 Å². The van der Waals surface area contributed by atoms with Gasteiger partial charge in [-0.05, 0) is 32.9 Å². The van der Waals surface area contributed by atoms with Gasteiger partial charge in [0.15, 0.2) is 5.75 Å². The summed E-state index contributed by atoms with van der Waals surface area (Å²) in [7, 11) is 0. The van der Waals surface area contributed by atoms with Crippen molar-refractivity contribution in [2.75, 3.05) is 13.1 Å². The zero-order chi connectivity index (χ0) is 19.7. The number of ether oxygens (including phenoxy) is 2. The van der Waals surface area contributed by atoms with Crippen molar-refractivity contribution in [3.63, 3.8) is 0 Å². The average Bonchev–Trinajstić information content (AvgIpc) is 2.93. The molecule has 1 amide bonds. The average molecular weight is 376 g/mol. The normalized spacial score (nSPS) is 17.9. The first-order valence-corrected chi connectivity index (χ1v) is 7.87. The molecule has 1 aromatic rings. The third-order valence-electron chi connectivity index (χ3n) is 3.57. The molecule has 144 valence electrons. The minimum atomic E-state index is -4.69. The molecule has 0 bridgehead atoms. The van der Waals surface area contributed by atoms with E-state index in [1.165, 1.54) is 4.90 Å². The summed E-state index contributed by atoms with van der Waals surface area (Å²) < 4.78 is 48.9. The van der Waals surface area contributed by atoms with Crippen molar-refractivity contribution < 1.29 is 32.4 Å². The van der Waals surface area contributed by atoms with Crippen LogP contribution in [0.25, 0.3) is 0 Å². The smallest absolute Gasteiger partial charge is 0.416 e. The molecule has 1 saturated heterocycles. The standard InChI is InChI=1S/C16H19F3N2O5/c1-15(2,3)26-14(22)20-7-6-11(9-20)25-13-5-4-10(16(17,18)19)8-12(13)21(23)24/h4-5,8,11H,6-7,9H2,1-3H3/t11-/m1/s1. The maximum absolute atomic E-state index is 12.7. The van der Waals surface area contributed by atoms with Gasteiger partial charge in [-0.1, -0.05) is 0 Å². The van der Waals surface area contributed by atoms with Crippen molar-refractivity contribution in [2.45, 2.75) is 45.1 Å². The van der Waals surface area contributed by atoms with Crippen LogP contribution in [0.5, 0.6) is 5.75 Å². The first-order chi connectivity index (χ1) is 11.9. The Morgan fingerprint density at radius 2 is 1.96 bits per heavy atom. The zero-order valence-corrected chi connectivity index (χ0v) is 14.5. The summed E-state index contributed by atoms with van der Waals surface area (Å²) in [4.78, 5) is 23.6. The molecule has 0 spiro atoms. The van der Waals surface area contributed by atoms with Crippen LogP contribution >= 0.6 is 0 Å². The molecule has 0 unspecified atom stereocenters. The van der Waals surface area contributed by atoms with Crippen molar-refractivity contribution in [2.24, 2.45) is 0 Å². The number of carbonyl (C=O) groups excluding carboxylic acids is 1. The fourth-order valence-corrected chi connectivity index (χ4v) is 2.43. The van der Waals surface area contributed by atoms with Crippen LogP contribution in [-0.4, -0.2) is 40.7 Å². The lowest BCUT2D eigenvalue weighted by Gasteiger charge is -2.24. The fourth-order valence-electron chi connectivity index (χ4n) is 2.43. The predicted molar refractivity (Wildman–Crippen MR) is 84.9 cm³/mol. The van der Waals surface area contributed by atoms with Crippen LogP contribution < -0.4 is 4.74 Å². The minimum Gasteiger partial charge on any atom is -0.482 e. The van der Waals surface area contributed by atoms with E-state index in [0.29, 0.717) is 19.0 Å². The molecule has 10 heteroatoms. The van der Waals surface area contributed by atoms with Crippen LogP contribution in [0.1, 0.15) is 32.8 Å². The van der Waals surface area contributed by atoms with E-state index < -0.39 is 40.1 Å². The summed E-state index contributed by atoms with van der Waals surface area (Å²) in [5, 5.41) is 11.1. The van der Waals surface area contributed by atoms with Gasteiger partial charge in [-0.2, -0.15) is 13.2 Å². The highest BCUT2D eigenvalue weighted by Gasteiger charge is 2.35. The number of alkyl halides is 3. The number of nitro benzene ring substituents is 1. The Bertz CT molecular complexity index is 700. The second-order valence-electron chi connectivity index (χ2n) is 6.89. The van der Waals surface area contributed by atoms with Gasteiger partial charge in [0, 0.05) is 19.0 Å². The molecule has 1 atom stereocenters. The molecule has 2 rings (SSSR count). The number of rotatable bonds is 3. The quantitative estimate of drug-likeness (QED) is 0.588. The van der Waals surface area contributed by atoms with Gasteiger partial charge in [-0.15, -0.1) is 0 Å². The molecule has 7 nitrogen and oxygen atoms in total. The van der Waals surface area contributed by atoms with Gasteiger partial charge >= 0.3 is 18.0 Å². The van der Waals surface area contributed by atoms with E-state index in [9.17, 15) is 28.1 Å². The van der Waals surface area contributed by atoms with Crippen LogP contribution in [0.3, 0.4) is 0 Å². The SMILES string of the molecule is CC(C)(C)OC(=O)N1CC[C@@H](Oc2ccc(C(F)(F)F)cc2[N+](=O)[O-])C1. The molecule has 0 radical (unpaired) electrons. The number of nitrogens with zero attached hydrogens (tertiary/aromatic N) is 2. The fraction of sp³-hybridized carbons (Fsp3) is 0.562. The number of likely N-dealkylation sites (tertiary alicyclic amines) is 1. The maximum atomic E-state index is 12.7. The second kappa shape index (κ2) is 7.00. The van der Waals surface area contributed by atoms with Gasteiger partial charge in [0.1, 0.15) is 11.7 Å². The third-order valence-corrected chi connectivity index (χ3v) is 3.57. The Labute approximate surface area is 147 Å². The van der Waals surface area contributed by atoms with Gasteiger partial charge in [-0.25, -0.2) is 4.79 Å². The van der Waals surface area contributed by atoms with Crippen LogP contribution in [0.2, 0.25) is 0 Å². The lowest BCUT2D eigenvalue weighted by atomic mass is 10.2. The van der Waals surface area contributed by atoms with Crippen LogP contribution in [0.15, 0.2) is 18.2 Å². The number of nitro groups is 1. The Morgan fingerprint density at radius 3 is 2.50 bits per heavy atom. The summed E-state index contributed by atoms with van der Waals surface area (Å²) in [6.45, 7) is 5.63. The minimum absolute atomic E-state index is 0.132. The molecule has 1 aliphatic heterocycles. The molecule has 1 aliphatic rings. The monoisotopic (exact) mass is 376 g/mol. The van der Waals surface area contributed by atoms with E-state index in [-0.39, 0.29) is 12.3 Å². The number of hydrogen-bond acceptors (Lipinski definition) is 5. The number of benzene rings is 1. The van der Waals surface area contributed by atoms with Crippen molar-refractivity contribution in [1.82, 2.24) is 4.90 Å². The molecule has 0 aliphatic carbocycles. The van der Waals surface area contributed by atoms with Gasteiger partial charge in [-0.3, -0.25) is 10.1 Å². The topological polar surface area (TPSA) is 81.9 Å². The zero-order valence-electron chi connectivity index (χ0n) is 14.5. The number of amides is 1. The van der Waals surface area contributed by atoms with Crippen LogP contribution in [0, 0.1) is 10.1 Å². The summed E-state index contributed by atoms with van der Waals surface area (Å²) in [6.07, 6.45) is -5.41. The number of hydrogen-bond donors (Lipinski definition) is 0. The van der Waals surface area contributed by atoms with Crippen LogP contribution in [-0.2, 0) is 10.9 Å². The molecular weight excluding hydrogens is 357 g/mol. The summed E-state index contributed by atoms with van der Waals surface area (Å²) >= 11 is 0. The highest BCUT2D eigenvalue weighted by Crippen LogP contribution is 2.37. The van der Waals surface area contributed by atoms with Crippen molar-refractivity contribution >= 4 is 11.8 Å². The second-order valence-corrected chi connectivity index (χ2v) is 6.89. The Hall–Kier alpha value is -2.52. The number of carbonyl (C=O) groups is 1.